The Bertz CT molecular complexity index is 512. The summed E-state index contributed by atoms with van der Waals surface area (Å²) in [5.74, 6) is 0.103. The average Bonchev–Trinajstić information content (AvgIpc) is 2.45. The zero-order chi connectivity index (χ0) is 16.0. The molecule has 0 aliphatic carbocycles. The van der Waals surface area contributed by atoms with Crippen LogP contribution in [0.2, 0.25) is 0 Å². The molecule has 0 bridgehead atoms. The number of carbonyl (C=O) groups excluding carboxylic acids is 1. The molecular formula is C14H20N2O5. The lowest BCUT2D eigenvalue weighted by atomic mass is 10.1. The molecule has 0 saturated carbocycles. The number of carbonyl (C=O) groups is 1. The topological polar surface area (TPSA) is 92.9 Å². The van der Waals surface area contributed by atoms with Gasteiger partial charge in [0.2, 0.25) is 0 Å². The first-order valence-corrected chi connectivity index (χ1v) is 6.77. The number of aliphatic hydroxyl groups excluding tert-OH is 1. The Morgan fingerprint density at radius 2 is 2.05 bits per heavy atom. The van der Waals surface area contributed by atoms with E-state index >= 15 is 0 Å². The number of aliphatic hydroxyl groups is 1. The highest BCUT2D eigenvalue weighted by Gasteiger charge is 2.17. The predicted octanol–water partition coefficient (Wildman–Crippen LogP) is 1.90. The smallest absolute Gasteiger partial charge is 0.270 e. The van der Waals surface area contributed by atoms with Crippen LogP contribution < -0.4 is 4.74 Å². The van der Waals surface area contributed by atoms with Crippen LogP contribution in [0, 0.1) is 10.1 Å². The van der Waals surface area contributed by atoms with Crippen molar-refractivity contribution in [1.82, 2.24) is 4.90 Å². The molecule has 0 fully saturated rings. The summed E-state index contributed by atoms with van der Waals surface area (Å²) in [5.41, 5.74) is 0.157. The van der Waals surface area contributed by atoms with E-state index in [1.54, 1.807) is 4.90 Å². The number of nitro benzene ring substituents is 1. The standard InChI is InChI=1S/C14H20N2O5/c1-4-15(5-2)14(18)9-21-13-7-6-11(16(19)20)8-12(13)10(3)17/h6-8,10,17H,4-5,9H2,1-3H3/t10-/m1/s1. The van der Waals surface area contributed by atoms with Crippen molar-refractivity contribution < 1.29 is 19.6 Å². The first-order chi connectivity index (χ1) is 9.90. The zero-order valence-electron chi connectivity index (χ0n) is 12.4. The van der Waals surface area contributed by atoms with Crippen LogP contribution in [0.1, 0.15) is 32.4 Å². The van der Waals surface area contributed by atoms with Crippen molar-refractivity contribution in [3.8, 4) is 5.75 Å². The number of likely N-dealkylation sites (N-methyl/N-ethyl adjacent to an activating group) is 1. The van der Waals surface area contributed by atoms with Gasteiger partial charge in [-0.2, -0.15) is 0 Å². The number of nitro groups is 1. The first kappa shape index (κ1) is 16.9. The zero-order valence-corrected chi connectivity index (χ0v) is 12.4. The molecule has 0 radical (unpaired) electrons. The number of ether oxygens (including phenoxy) is 1. The summed E-state index contributed by atoms with van der Waals surface area (Å²) in [5, 5.41) is 20.4. The molecule has 0 heterocycles. The van der Waals surface area contributed by atoms with Crippen molar-refractivity contribution in [2.45, 2.75) is 26.9 Å². The molecule has 1 atom stereocenters. The molecule has 7 nitrogen and oxygen atoms in total. The maximum absolute atomic E-state index is 11.9. The highest BCUT2D eigenvalue weighted by atomic mass is 16.6. The van der Waals surface area contributed by atoms with E-state index in [-0.39, 0.29) is 29.5 Å². The van der Waals surface area contributed by atoms with Crippen LogP contribution in [-0.2, 0) is 4.79 Å². The maximum Gasteiger partial charge on any atom is 0.270 e. The van der Waals surface area contributed by atoms with Crippen LogP contribution in [0.15, 0.2) is 18.2 Å². The van der Waals surface area contributed by atoms with Crippen LogP contribution >= 0.6 is 0 Å². The fourth-order valence-corrected chi connectivity index (χ4v) is 1.91. The molecule has 1 rings (SSSR count). The molecule has 21 heavy (non-hydrogen) atoms. The lowest BCUT2D eigenvalue weighted by Crippen LogP contribution is -2.34. The molecule has 1 aromatic carbocycles. The third-order valence-electron chi connectivity index (χ3n) is 3.12. The van der Waals surface area contributed by atoms with E-state index in [2.05, 4.69) is 0 Å². The van der Waals surface area contributed by atoms with Gasteiger partial charge in [-0.25, -0.2) is 0 Å². The summed E-state index contributed by atoms with van der Waals surface area (Å²) >= 11 is 0. The third kappa shape index (κ3) is 4.42. The van der Waals surface area contributed by atoms with E-state index < -0.39 is 11.0 Å². The van der Waals surface area contributed by atoms with Crippen molar-refractivity contribution in [2.24, 2.45) is 0 Å². The summed E-state index contributed by atoms with van der Waals surface area (Å²) in [6.45, 7) is 6.23. The quantitative estimate of drug-likeness (QED) is 0.612. The molecule has 1 amide bonds. The van der Waals surface area contributed by atoms with Gasteiger partial charge in [0.1, 0.15) is 5.75 Å². The van der Waals surface area contributed by atoms with E-state index in [0.29, 0.717) is 13.1 Å². The second-order valence-electron chi connectivity index (χ2n) is 4.51. The summed E-state index contributed by atoms with van der Waals surface area (Å²) in [4.78, 5) is 23.7. The third-order valence-corrected chi connectivity index (χ3v) is 3.12. The van der Waals surface area contributed by atoms with Crippen LogP contribution in [0.25, 0.3) is 0 Å². The van der Waals surface area contributed by atoms with Crippen molar-refractivity contribution in [3.05, 3.63) is 33.9 Å². The van der Waals surface area contributed by atoms with Gasteiger partial charge in [-0.1, -0.05) is 0 Å². The average molecular weight is 296 g/mol. The van der Waals surface area contributed by atoms with E-state index in [0.717, 1.165) is 0 Å². The molecule has 0 unspecified atom stereocenters. The molecular weight excluding hydrogens is 276 g/mol. The molecule has 116 valence electrons. The summed E-state index contributed by atoms with van der Waals surface area (Å²) in [7, 11) is 0. The Kier molecular flexibility index (Phi) is 6.10. The predicted molar refractivity (Wildman–Crippen MR) is 77.2 cm³/mol. The minimum absolute atomic E-state index is 0.131. The fraction of sp³-hybridized carbons (Fsp3) is 0.500. The highest BCUT2D eigenvalue weighted by Crippen LogP contribution is 2.29. The molecule has 1 aromatic rings. The molecule has 0 aromatic heterocycles. The van der Waals surface area contributed by atoms with E-state index in [4.69, 9.17) is 4.74 Å². The van der Waals surface area contributed by atoms with Gasteiger partial charge in [-0.3, -0.25) is 14.9 Å². The van der Waals surface area contributed by atoms with Crippen LogP contribution in [-0.4, -0.2) is 40.5 Å². The van der Waals surface area contributed by atoms with Crippen molar-refractivity contribution in [1.29, 1.82) is 0 Å². The second-order valence-corrected chi connectivity index (χ2v) is 4.51. The van der Waals surface area contributed by atoms with Gasteiger partial charge in [0.05, 0.1) is 11.0 Å². The number of rotatable bonds is 7. The molecule has 0 saturated heterocycles. The van der Waals surface area contributed by atoms with Crippen molar-refractivity contribution >= 4 is 11.6 Å². The Hall–Kier alpha value is -2.15. The number of hydrogen-bond acceptors (Lipinski definition) is 5. The first-order valence-electron chi connectivity index (χ1n) is 6.77. The lowest BCUT2D eigenvalue weighted by Gasteiger charge is -2.19. The molecule has 0 spiro atoms. The number of benzene rings is 1. The van der Waals surface area contributed by atoms with Crippen molar-refractivity contribution in [2.75, 3.05) is 19.7 Å². The second kappa shape index (κ2) is 7.58. The van der Waals surface area contributed by atoms with Gasteiger partial charge >= 0.3 is 0 Å². The number of non-ortho nitro benzene ring substituents is 1. The summed E-state index contributed by atoms with van der Waals surface area (Å²) in [6, 6.07) is 3.93. The van der Waals surface area contributed by atoms with Crippen LogP contribution in [0.4, 0.5) is 5.69 Å². The van der Waals surface area contributed by atoms with E-state index in [1.165, 1.54) is 25.1 Å². The van der Waals surface area contributed by atoms with Gasteiger partial charge in [0.25, 0.3) is 11.6 Å². The normalized spacial score (nSPS) is 11.8. The van der Waals surface area contributed by atoms with Gasteiger partial charge in [-0.15, -0.1) is 0 Å². The highest BCUT2D eigenvalue weighted by molar-refractivity contribution is 5.77. The minimum atomic E-state index is -0.927. The molecule has 0 aliphatic heterocycles. The van der Waals surface area contributed by atoms with Gasteiger partial charge in [0.15, 0.2) is 6.61 Å². The monoisotopic (exact) mass is 296 g/mol. The van der Waals surface area contributed by atoms with Gasteiger partial charge < -0.3 is 14.7 Å². The van der Waals surface area contributed by atoms with Crippen LogP contribution in [0.3, 0.4) is 0 Å². The van der Waals surface area contributed by atoms with Gasteiger partial charge in [-0.05, 0) is 26.8 Å². The summed E-state index contributed by atoms with van der Waals surface area (Å²) < 4.78 is 5.41. The minimum Gasteiger partial charge on any atom is -0.483 e. The molecule has 7 heteroatoms. The largest absolute Gasteiger partial charge is 0.483 e. The van der Waals surface area contributed by atoms with Crippen molar-refractivity contribution in [3.63, 3.8) is 0 Å². The van der Waals surface area contributed by atoms with Crippen LogP contribution in [0.5, 0.6) is 5.75 Å². The maximum atomic E-state index is 11.9. The number of amides is 1. The van der Waals surface area contributed by atoms with E-state index in [9.17, 15) is 20.0 Å². The van der Waals surface area contributed by atoms with E-state index in [1.807, 2.05) is 13.8 Å². The Morgan fingerprint density at radius 3 is 2.52 bits per heavy atom. The number of nitrogens with zero attached hydrogens (tertiary/aromatic N) is 2. The molecule has 0 aliphatic rings. The molecule has 1 N–H and O–H groups in total. The Labute approximate surface area is 123 Å². The lowest BCUT2D eigenvalue weighted by molar-refractivity contribution is -0.385. The van der Waals surface area contributed by atoms with Gasteiger partial charge in [0, 0.05) is 30.8 Å². The Morgan fingerprint density at radius 1 is 1.43 bits per heavy atom. The number of hydrogen-bond donors (Lipinski definition) is 1. The SMILES string of the molecule is CCN(CC)C(=O)COc1ccc([N+](=O)[O-])cc1[C@@H](C)O. The Balaban J connectivity index is 2.88. The summed E-state index contributed by atoms with van der Waals surface area (Å²) in [6.07, 6.45) is -0.927. The fourth-order valence-electron chi connectivity index (χ4n) is 1.91.